The summed E-state index contributed by atoms with van der Waals surface area (Å²) in [6.45, 7) is 15.7. The maximum absolute atomic E-state index is 2.52. The molecule has 1 nitrogen and oxygen atoms in total. The monoisotopic (exact) mass is 355 g/mol. The van der Waals surface area contributed by atoms with Crippen LogP contribution in [0, 0.1) is 41.5 Å². The summed E-state index contributed by atoms with van der Waals surface area (Å²) in [6, 6.07) is 16.1. The lowest BCUT2D eigenvalue weighted by atomic mass is 9.87. The van der Waals surface area contributed by atoms with Gasteiger partial charge >= 0.3 is 0 Å². The summed E-state index contributed by atoms with van der Waals surface area (Å²) in [5.41, 5.74) is 15.1. The maximum Gasteiger partial charge on any atom is 0.0527 e. The van der Waals surface area contributed by atoms with Crippen molar-refractivity contribution in [1.82, 2.24) is 0 Å². The average Bonchev–Trinajstić information content (AvgIpc) is 3.38. The molecule has 138 valence electrons. The summed E-state index contributed by atoms with van der Waals surface area (Å²) < 4.78 is 0. The van der Waals surface area contributed by atoms with Crippen LogP contribution in [0.25, 0.3) is 22.3 Å². The van der Waals surface area contributed by atoms with Crippen molar-refractivity contribution in [3.63, 3.8) is 0 Å². The Hall–Kier alpha value is -2.54. The van der Waals surface area contributed by atoms with Gasteiger partial charge in [-0.15, -0.1) is 0 Å². The van der Waals surface area contributed by atoms with E-state index >= 15 is 0 Å². The maximum atomic E-state index is 2.52. The van der Waals surface area contributed by atoms with Gasteiger partial charge in [0.15, 0.2) is 0 Å². The molecule has 1 heteroatoms. The average molecular weight is 356 g/mol. The lowest BCUT2D eigenvalue weighted by Crippen LogP contribution is -2.02. The third kappa shape index (κ3) is 3.16. The van der Waals surface area contributed by atoms with Gasteiger partial charge in [-0.2, -0.15) is 0 Å². The first-order valence-corrected chi connectivity index (χ1v) is 9.91. The molecule has 0 amide bonds. The Morgan fingerprint density at radius 1 is 0.593 bits per heavy atom. The highest BCUT2D eigenvalue weighted by molar-refractivity contribution is 5.95. The van der Waals surface area contributed by atoms with Crippen LogP contribution in [-0.2, 0) is 0 Å². The Morgan fingerprint density at radius 3 is 1.30 bits per heavy atom. The molecule has 3 aromatic carbocycles. The molecule has 27 heavy (non-hydrogen) atoms. The molecule has 0 radical (unpaired) electrons. The molecule has 0 aliphatic carbocycles. The van der Waals surface area contributed by atoms with E-state index in [9.17, 15) is 0 Å². The third-order valence-corrected chi connectivity index (χ3v) is 5.69. The fourth-order valence-electron chi connectivity index (χ4n) is 4.77. The van der Waals surface area contributed by atoms with Crippen molar-refractivity contribution < 1.29 is 0 Å². The zero-order valence-electron chi connectivity index (χ0n) is 17.4. The highest BCUT2D eigenvalue weighted by Gasteiger charge is 2.27. The molecule has 0 aromatic heterocycles. The predicted molar refractivity (Wildman–Crippen MR) is 118 cm³/mol. The van der Waals surface area contributed by atoms with Crippen molar-refractivity contribution in [1.29, 1.82) is 0 Å². The SMILES string of the molecule is Cc1cc(C)c(-c2cccc(-c3c(C)cc(C)cc3C)c2N2CC2)c(C)c1. The number of rotatable bonds is 3. The first kappa shape index (κ1) is 17.9. The lowest BCUT2D eigenvalue weighted by molar-refractivity contribution is 1.29. The van der Waals surface area contributed by atoms with E-state index < -0.39 is 0 Å². The van der Waals surface area contributed by atoms with Crippen LogP contribution in [0.15, 0.2) is 42.5 Å². The minimum atomic E-state index is 1.15. The number of anilines is 1. The Bertz CT molecular complexity index is 916. The van der Waals surface area contributed by atoms with Crippen LogP contribution in [0.4, 0.5) is 5.69 Å². The van der Waals surface area contributed by atoms with Gasteiger partial charge in [0.05, 0.1) is 5.69 Å². The van der Waals surface area contributed by atoms with Gasteiger partial charge in [0.1, 0.15) is 0 Å². The summed E-state index contributed by atoms with van der Waals surface area (Å²) in [5.74, 6) is 0. The van der Waals surface area contributed by atoms with Crippen molar-refractivity contribution >= 4 is 5.69 Å². The molecule has 1 fully saturated rings. The standard InChI is InChI=1S/C26H29N/c1-16-12-18(3)24(19(4)13-16)22-8-7-9-23(26(22)27-10-11-27)25-20(5)14-17(2)15-21(25)6/h7-9,12-15H,10-11H2,1-6H3. The highest BCUT2D eigenvalue weighted by Crippen LogP contribution is 2.45. The van der Waals surface area contributed by atoms with Crippen LogP contribution in [0.5, 0.6) is 0 Å². The largest absolute Gasteiger partial charge is 0.367 e. The summed E-state index contributed by atoms with van der Waals surface area (Å²) in [7, 11) is 0. The van der Waals surface area contributed by atoms with E-state index in [-0.39, 0.29) is 0 Å². The zero-order valence-corrected chi connectivity index (χ0v) is 17.4. The second-order valence-corrected chi connectivity index (χ2v) is 8.24. The molecule has 3 aromatic rings. The zero-order chi connectivity index (χ0) is 19.3. The number of aryl methyl sites for hydroxylation is 6. The molecule has 0 saturated carbocycles. The van der Waals surface area contributed by atoms with E-state index in [4.69, 9.17) is 0 Å². The van der Waals surface area contributed by atoms with E-state index in [1.54, 1.807) is 0 Å². The number of nitrogens with zero attached hydrogens (tertiary/aromatic N) is 1. The molecule has 0 spiro atoms. The number of hydrogen-bond donors (Lipinski definition) is 0. The first-order chi connectivity index (χ1) is 12.9. The molecule has 0 N–H and O–H groups in total. The smallest absolute Gasteiger partial charge is 0.0527 e. The van der Waals surface area contributed by atoms with Crippen LogP contribution in [0.1, 0.15) is 33.4 Å². The molecule has 0 atom stereocenters. The highest BCUT2D eigenvalue weighted by atomic mass is 15.3. The van der Waals surface area contributed by atoms with Crippen molar-refractivity contribution in [3.05, 3.63) is 75.8 Å². The van der Waals surface area contributed by atoms with Gasteiger partial charge in [-0.1, -0.05) is 53.6 Å². The van der Waals surface area contributed by atoms with E-state index in [1.807, 2.05) is 0 Å². The molecule has 0 bridgehead atoms. The fraction of sp³-hybridized carbons (Fsp3) is 0.308. The summed E-state index contributed by atoms with van der Waals surface area (Å²) in [5, 5.41) is 0. The minimum Gasteiger partial charge on any atom is -0.367 e. The number of hydrogen-bond acceptors (Lipinski definition) is 1. The lowest BCUT2D eigenvalue weighted by Gasteiger charge is -2.22. The van der Waals surface area contributed by atoms with Gasteiger partial charge < -0.3 is 4.90 Å². The quantitative estimate of drug-likeness (QED) is 0.473. The van der Waals surface area contributed by atoms with Crippen molar-refractivity contribution in [2.24, 2.45) is 0 Å². The molecule has 1 saturated heterocycles. The number of benzene rings is 3. The normalized spacial score (nSPS) is 13.2. The summed E-state index contributed by atoms with van der Waals surface area (Å²) in [4.78, 5) is 2.52. The topological polar surface area (TPSA) is 3.01 Å². The minimum absolute atomic E-state index is 1.15. The van der Waals surface area contributed by atoms with Gasteiger partial charge in [0.2, 0.25) is 0 Å². The second kappa shape index (κ2) is 6.56. The van der Waals surface area contributed by atoms with E-state index in [2.05, 4.69) is 88.9 Å². The molecular formula is C26H29N. The summed E-state index contributed by atoms with van der Waals surface area (Å²) >= 11 is 0. The summed E-state index contributed by atoms with van der Waals surface area (Å²) in [6.07, 6.45) is 0. The van der Waals surface area contributed by atoms with Crippen LogP contribution >= 0.6 is 0 Å². The molecular weight excluding hydrogens is 326 g/mol. The predicted octanol–water partition coefficient (Wildman–Crippen LogP) is 6.69. The van der Waals surface area contributed by atoms with Crippen molar-refractivity contribution in [2.75, 3.05) is 18.0 Å². The molecule has 1 aliphatic heterocycles. The number of para-hydroxylation sites is 1. The second-order valence-electron chi connectivity index (χ2n) is 8.24. The Balaban J connectivity index is 2.02. The van der Waals surface area contributed by atoms with Crippen LogP contribution in [0.3, 0.4) is 0 Å². The molecule has 1 aliphatic rings. The first-order valence-electron chi connectivity index (χ1n) is 9.91. The Morgan fingerprint density at radius 2 is 0.963 bits per heavy atom. The van der Waals surface area contributed by atoms with Gasteiger partial charge in [-0.05, 0) is 74.9 Å². The third-order valence-electron chi connectivity index (χ3n) is 5.69. The molecule has 0 unspecified atom stereocenters. The van der Waals surface area contributed by atoms with E-state index in [1.165, 1.54) is 61.3 Å². The molecule has 4 rings (SSSR count). The van der Waals surface area contributed by atoms with Gasteiger partial charge in [0, 0.05) is 24.2 Å². The van der Waals surface area contributed by atoms with Gasteiger partial charge in [0.25, 0.3) is 0 Å². The Labute approximate surface area is 163 Å². The van der Waals surface area contributed by atoms with Crippen molar-refractivity contribution in [3.8, 4) is 22.3 Å². The van der Waals surface area contributed by atoms with Crippen LogP contribution in [0.2, 0.25) is 0 Å². The van der Waals surface area contributed by atoms with Crippen LogP contribution in [-0.4, -0.2) is 13.1 Å². The van der Waals surface area contributed by atoms with Crippen LogP contribution < -0.4 is 4.90 Å². The van der Waals surface area contributed by atoms with Crippen molar-refractivity contribution in [2.45, 2.75) is 41.5 Å². The fourth-order valence-corrected chi connectivity index (χ4v) is 4.77. The Kier molecular flexibility index (Phi) is 4.34. The van der Waals surface area contributed by atoms with Gasteiger partial charge in [-0.3, -0.25) is 0 Å². The molecule has 1 heterocycles. The van der Waals surface area contributed by atoms with E-state index in [0.29, 0.717) is 0 Å². The van der Waals surface area contributed by atoms with E-state index in [0.717, 1.165) is 13.1 Å². The van der Waals surface area contributed by atoms with Gasteiger partial charge in [-0.25, -0.2) is 0 Å².